The number of nitrogens with one attached hydrogen (secondary N) is 1. The number of benzene rings is 1. The van der Waals surface area contributed by atoms with Crippen molar-refractivity contribution in [3.63, 3.8) is 0 Å². The number of nitrogens with zero attached hydrogens (tertiary/aromatic N) is 1. The molecule has 7 nitrogen and oxygen atoms in total. The molecule has 1 aromatic carbocycles. The number of amides is 2. The monoisotopic (exact) mass is 454 g/mol. The SMILES string of the molecule is CCOCCCN(C(=O)CCl)[C@@H](C(=O)NC1CCCCC1)c1ccc(OC)c(OC)c1. The largest absolute Gasteiger partial charge is 0.493 e. The number of hydrogen-bond donors (Lipinski definition) is 1. The molecule has 1 aliphatic rings. The van der Waals surface area contributed by atoms with Crippen LogP contribution in [-0.4, -0.2) is 62.6 Å². The molecule has 0 bridgehead atoms. The molecule has 1 aliphatic carbocycles. The van der Waals surface area contributed by atoms with E-state index in [-0.39, 0.29) is 23.7 Å². The summed E-state index contributed by atoms with van der Waals surface area (Å²) in [5, 5.41) is 3.17. The van der Waals surface area contributed by atoms with E-state index in [4.69, 9.17) is 25.8 Å². The number of carbonyl (C=O) groups excluding carboxylic acids is 2. The zero-order chi connectivity index (χ0) is 22.6. The van der Waals surface area contributed by atoms with E-state index in [9.17, 15) is 9.59 Å². The van der Waals surface area contributed by atoms with Crippen LogP contribution < -0.4 is 14.8 Å². The lowest BCUT2D eigenvalue weighted by Gasteiger charge is -2.33. The summed E-state index contributed by atoms with van der Waals surface area (Å²) in [6.45, 7) is 3.39. The molecule has 1 fully saturated rings. The summed E-state index contributed by atoms with van der Waals surface area (Å²) in [4.78, 5) is 27.8. The lowest BCUT2D eigenvalue weighted by molar-refractivity contribution is -0.139. The summed E-state index contributed by atoms with van der Waals surface area (Å²) >= 11 is 5.92. The number of halogens is 1. The molecule has 1 aromatic rings. The van der Waals surface area contributed by atoms with Gasteiger partial charge in [0.1, 0.15) is 11.9 Å². The second-order valence-corrected chi connectivity index (χ2v) is 7.90. The van der Waals surface area contributed by atoms with Gasteiger partial charge in [-0.1, -0.05) is 25.3 Å². The van der Waals surface area contributed by atoms with Crippen molar-refractivity contribution in [1.29, 1.82) is 0 Å². The van der Waals surface area contributed by atoms with E-state index in [1.54, 1.807) is 37.3 Å². The van der Waals surface area contributed by atoms with Gasteiger partial charge < -0.3 is 24.4 Å². The van der Waals surface area contributed by atoms with Gasteiger partial charge in [-0.2, -0.15) is 0 Å². The molecule has 2 rings (SSSR count). The van der Waals surface area contributed by atoms with Gasteiger partial charge in [-0.15, -0.1) is 11.6 Å². The van der Waals surface area contributed by atoms with Gasteiger partial charge in [-0.25, -0.2) is 0 Å². The second kappa shape index (κ2) is 13.4. The molecule has 174 valence electrons. The van der Waals surface area contributed by atoms with Crippen LogP contribution >= 0.6 is 11.6 Å². The number of methoxy groups -OCH3 is 2. The van der Waals surface area contributed by atoms with Gasteiger partial charge in [-0.05, 0) is 43.9 Å². The van der Waals surface area contributed by atoms with Crippen LogP contribution in [0.15, 0.2) is 18.2 Å². The Hall–Kier alpha value is -1.99. The number of hydrogen-bond acceptors (Lipinski definition) is 5. The fourth-order valence-electron chi connectivity index (χ4n) is 3.98. The van der Waals surface area contributed by atoms with Crippen molar-refractivity contribution in [3.05, 3.63) is 23.8 Å². The molecule has 2 amide bonds. The van der Waals surface area contributed by atoms with Crippen molar-refractivity contribution < 1.29 is 23.8 Å². The van der Waals surface area contributed by atoms with Crippen molar-refractivity contribution in [2.75, 3.05) is 39.9 Å². The molecule has 1 saturated carbocycles. The van der Waals surface area contributed by atoms with Gasteiger partial charge in [0.2, 0.25) is 11.8 Å². The van der Waals surface area contributed by atoms with Crippen LogP contribution in [0.2, 0.25) is 0 Å². The summed E-state index contributed by atoms with van der Waals surface area (Å²) in [6, 6.07) is 4.61. The van der Waals surface area contributed by atoms with Crippen molar-refractivity contribution in [2.45, 2.75) is 57.5 Å². The average Bonchev–Trinajstić information content (AvgIpc) is 2.80. The Morgan fingerprint density at radius 1 is 1.16 bits per heavy atom. The van der Waals surface area contributed by atoms with Crippen molar-refractivity contribution in [1.82, 2.24) is 10.2 Å². The predicted molar refractivity (Wildman–Crippen MR) is 121 cm³/mol. The lowest BCUT2D eigenvalue weighted by atomic mass is 9.94. The van der Waals surface area contributed by atoms with E-state index in [1.807, 2.05) is 6.92 Å². The van der Waals surface area contributed by atoms with Gasteiger partial charge in [-0.3, -0.25) is 9.59 Å². The molecular weight excluding hydrogens is 420 g/mol. The van der Waals surface area contributed by atoms with Crippen molar-refractivity contribution in [3.8, 4) is 11.5 Å². The predicted octanol–water partition coefficient (Wildman–Crippen LogP) is 3.69. The smallest absolute Gasteiger partial charge is 0.247 e. The minimum Gasteiger partial charge on any atom is -0.493 e. The molecule has 0 unspecified atom stereocenters. The Balaban J connectivity index is 2.35. The maximum Gasteiger partial charge on any atom is 0.247 e. The third-order valence-corrected chi connectivity index (χ3v) is 5.79. The molecule has 0 saturated heterocycles. The molecule has 0 radical (unpaired) electrons. The summed E-state index contributed by atoms with van der Waals surface area (Å²) in [6.07, 6.45) is 5.92. The summed E-state index contributed by atoms with van der Waals surface area (Å²) < 4.78 is 16.2. The topological polar surface area (TPSA) is 77.1 Å². The zero-order valence-corrected chi connectivity index (χ0v) is 19.6. The first kappa shape index (κ1) is 25.3. The highest BCUT2D eigenvalue weighted by Gasteiger charge is 2.33. The summed E-state index contributed by atoms with van der Waals surface area (Å²) in [5.74, 6) is 0.368. The van der Waals surface area contributed by atoms with E-state index in [1.165, 1.54) is 6.42 Å². The molecule has 1 atom stereocenters. The fourth-order valence-corrected chi connectivity index (χ4v) is 4.13. The third-order valence-electron chi connectivity index (χ3n) is 5.56. The number of ether oxygens (including phenoxy) is 3. The van der Waals surface area contributed by atoms with Crippen LogP contribution in [0.3, 0.4) is 0 Å². The van der Waals surface area contributed by atoms with Gasteiger partial charge in [0, 0.05) is 25.8 Å². The van der Waals surface area contributed by atoms with E-state index in [0.717, 1.165) is 25.7 Å². The van der Waals surface area contributed by atoms with E-state index < -0.39 is 6.04 Å². The zero-order valence-electron chi connectivity index (χ0n) is 18.8. The minimum atomic E-state index is -0.811. The van der Waals surface area contributed by atoms with Gasteiger partial charge in [0.25, 0.3) is 0 Å². The Labute approximate surface area is 190 Å². The Bertz CT molecular complexity index is 709. The van der Waals surface area contributed by atoms with E-state index in [2.05, 4.69) is 5.32 Å². The first-order valence-electron chi connectivity index (χ1n) is 11.0. The third kappa shape index (κ3) is 7.28. The van der Waals surface area contributed by atoms with Gasteiger partial charge in [0.05, 0.1) is 14.2 Å². The van der Waals surface area contributed by atoms with Crippen LogP contribution in [0.25, 0.3) is 0 Å². The lowest BCUT2D eigenvalue weighted by Crippen LogP contribution is -2.48. The maximum atomic E-state index is 13.5. The molecule has 0 heterocycles. The summed E-state index contributed by atoms with van der Waals surface area (Å²) in [5.41, 5.74) is 0.654. The van der Waals surface area contributed by atoms with Crippen molar-refractivity contribution >= 4 is 23.4 Å². The quantitative estimate of drug-likeness (QED) is 0.385. The molecular formula is C23H35ClN2O5. The second-order valence-electron chi connectivity index (χ2n) is 7.63. The summed E-state index contributed by atoms with van der Waals surface area (Å²) in [7, 11) is 3.10. The van der Waals surface area contributed by atoms with Crippen LogP contribution in [0, 0.1) is 0 Å². The van der Waals surface area contributed by atoms with Gasteiger partial charge in [0.15, 0.2) is 11.5 Å². The average molecular weight is 455 g/mol. The molecule has 0 aromatic heterocycles. The van der Waals surface area contributed by atoms with E-state index in [0.29, 0.717) is 43.2 Å². The van der Waals surface area contributed by atoms with Crippen LogP contribution in [0.5, 0.6) is 11.5 Å². The van der Waals surface area contributed by atoms with Crippen LogP contribution in [0.1, 0.15) is 57.1 Å². The number of rotatable bonds is 12. The normalized spacial score (nSPS) is 15.2. The molecule has 0 spiro atoms. The number of carbonyl (C=O) groups is 2. The van der Waals surface area contributed by atoms with E-state index >= 15 is 0 Å². The molecule has 8 heteroatoms. The minimum absolute atomic E-state index is 0.125. The maximum absolute atomic E-state index is 13.5. The Kier molecular flexibility index (Phi) is 10.9. The highest BCUT2D eigenvalue weighted by Crippen LogP contribution is 2.33. The van der Waals surface area contributed by atoms with Crippen LogP contribution in [-0.2, 0) is 14.3 Å². The Morgan fingerprint density at radius 3 is 2.48 bits per heavy atom. The first-order chi connectivity index (χ1) is 15.0. The molecule has 0 aliphatic heterocycles. The van der Waals surface area contributed by atoms with Gasteiger partial charge >= 0.3 is 0 Å². The number of alkyl halides is 1. The van der Waals surface area contributed by atoms with Crippen LogP contribution in [0.4, 0.5) is 0 Å². The van der Waals surface area contributed by atoms with Crippen molar-refractivity contribution in [2.24, 2.45) is 0 Å². The molecule has 31 heavy (non-hydrogen) atoms. The highest BCUT2D eigenvalue weighted by molar-refractivity contribution is 6.27. The standard InChI is InChI=1S/C23H35ClN2O5/c1-4-31-14-8-13-26(21(27)16-24)22(23(28)25-18-9-6-5-7-10-18)17-11-12-19(29-2)20(15-17)30-3/h11-12,15,18,22H,4-10,13-14,16H2,1-3H3,(H,25,28)/t22-/m1/s1. The fraction of sp³-hybridized carbons (Fsp3) is 0.652. The highest BCUT2D eigenvalue weighted by atomic mass is 35.5. The molecule has 1 N–H and O–H groups in total. The first-order valence-corrected chi connectivity index (χ1v) is 11.5. The Morgan fingerprint density at radius 2 is 1.87 bits per heavy atom.